The fourth-order valence-corrected chi connectivity index (χ4v) is 3.97. The van der Waals surface area contributed by atoms with E-state index >= 15 is 0 Å². The van der Waals surface area contributed by atoms with Gasteiger partial charge in [-0.05, 0) is 42.9 Å². The third-order valence-corrected chi connectivity index (χ3v) is 4.75. The predicted octanol–water partition coefficient (Wildman–Crippen LogP) is 3.76. The molecule has 1 fully saturated rings. The summed E-state index contributed by atoms with van der Waals surface area (Å²) >= 11 is 0. The number of benzene rings is 1. The van der Waals surface area contributed by atoms with Gasteiger partial charge in [0.1, 0.15) is 0 Å². The van der Waals surface area contributed by atoms with Gasteiger partial charge in [0.2, 0.25) is 0 Å². The SMILES string of the molecule is CC(C)CC1(C(O)c2ccc3[nH]c(=O)oc3c2)CCCC1. The van der Waals surface area contributed by atoms with E-state index in [1.54, 1.807) is 6.07 Å². The molecule has 4 heteroatoms. The number of hydrogen-bond donors (Lipinski definition) is 2. The van der Waals surface area contributed by atoms with Crippen molar-refractivity contribution in [3.63, 3.8) is 0 Å². The second-order valence-electron chi connectivity index (χ2n) is 6.84. The van der Waals surface area contributed by atoms with Crippen LogP contribution in [0.3, 0.4) is 0 Å². The number of aromatic nitrogens is 1. The number of nitrogens with one attached hydrogen (secondary N) is 1. The summed E-state index contributed by atoms with van der Waals surface area (Å²) in [6.07, 6.45) is 5.05. The number of fused-ring (bicyclic) bond motifs is 1. The monoisotopic (exact) mass is 289 g/mol. The fraction of sp³-hybridized carbons (Fsp3) is 0.588. The normalized spacial score (nSPS) is 19.4. The highest BCUT2D eigenvalue weighted by Crippen LogP contribution is 2.51. The smallest absolute Gasteiger partial charge is 0.408 e. The Hall–Kier alpha value is -1.55. The standard InChI is InChI=1S/C17H23NO3/c1-11(2)10-17(7-3-4-8-17)15(19)12-5-6-13-14(9-12)21-16(20)18-13/h5-6,9,11,15,19H,3-4,7-8,10H2,1-2H3,(H,18,20). The molecule has 114 valence electrons. The lowest BCUT2D eigenvalue weighted by Gasteiger charge is -2.36. The molecule has 3 rings (SSSR count). The average molecular weight is 289 g/mol. The molecular formula is C17H23NO3. The van der Waals surface area contributed by atoms with E-state index in [9.17, 15) is 9.90 Å². The Morgan fingerprint density at radius 2 is 2.05 bits per heavy atom. The minimum absolute atomic E-state index is 0.0293. The highest BCUT2D eigenvalue weighted by atomic mass is 16.4. The quantitative estimate of drug-likeness (QED) is 0.900. The Bertz CT molecular complexity index is 677. The molecular weight excluding hydrogens is 266 g/mol. The summed E-state index contributed by atoms with van der Waals surface area (Å²) < 4.78 is 5.11. The van der Waals surface area contributed by atoms with Crippen LogP contribution in [-0.2, 0) is 0 Å². The van der Waals surface area contributed by atoms with Gasteiger partial charge in [-0.1, -0.05) is 32.8 Å². The second kappa shape index (κ2) is 5.34. The molecule has 1 atom stereocenters. The van der Waals surface area contributed by atoms with Crippen LogP contribution in [0.1, 0.15) is 57.6 Å². The summed E-state index contributed by atoms with van der Waals surface area (Å²) in [6, 6.07) is 5.52. The Kier molecular flexibility index (Phi) is 3.66. The molecule has 21 heavy (non-hydrogen) atoms. The molecule has 0 aliphatic heterocycles. The highest BCUT2D eigenvalue weighted by Gasteiger charge is 2.41. The van der Waals surface area contributed by atoms with Gasteiger partial charge in [0.25, 0.3) is 0 Å². The molecule has 0 saturated heterocycles. The van der Waals surface area contributed by atoms with E-state index in [-0.39, 0.29) is 5.41 Å². The zero-order valence-electron chi connectivity index (χ0n) is 12.7. The van der Waals surface area contributed by atoms with E-state index < -0.39 is 11.9 Å². The minimum atomic E-state index is -0.494. The molecule has 2 aromatic rings. The molecule has 0 spiro atoms. The molecule has 1 unspecified atom stereocenters. The first kappa shape index (κ1) is 14.4. The summed E-state index contributed by atoms with van der Waals surface area (Å²) in [4.78, 5) is 13.9. The second-order valence-corrected chi connectivity index (χ2v) is 6.84. The van der Waals surface area contributed by atoms with Crippen LogP contribution in [0.15, 0.2) is 27.4 Å². The van der Waals surface area contributed by atoms with Gasteiger partial charge < -0.3 is 9.52 Å². The van der Waals surface area contributed by atoms with Crippen LogP contribution < -0.4 is 5.76 Å². The summed E-state index contributed by atoms with van der Waals surface area (Å²) in [7, 11) is 0. The van der Waals surface area contributed by atoms with E-state index in [0.717, 1.165) is 24.8 Å². The molecule has 1 aromatic heterocycles. The number of oxazole rings is 1. The van der Waals surface area contributed by atoms with Crippen LogP contribution in [0.5, 0.6) is 0 Å². The van der Waals surface area contributed by atoms with Crippen molar-refractivity contribution in [2.24, 2.45) is 11.3 Å². The van der Waals surface area contributed by atoms with Crippen molar-refractivity contribution in [1.29, 1.82) is 0 Å². The summed E-state index contributed by atoms with van der Waals surface area (Å²) in [5, 5.41) is 11.0. The van der Waals surface area contributed by atoms with Crippen LogP contribution in [0.25, 0.3) is 11.1 Å². The zero-order chi connectivity index (χ0) is 15.0. The Balaban J connectivity index is 1.97. The predicted molar refractivity (Wildman–Crippen MR) is 82.2 cm³/mol. The maximum atomic E-state index is 11.3. The fourth-order valence-electron chi connectivity index (χ4n) is 3.97. The van der Waals surface area contributed by atoms with E-state index in [0.29, 0.717) is 17.0 Å². The molecule has 4 nitrogen and oxygen atoms in total. The van der Waals surface area contributed by atoms with Crippen molar-refractivity contribution in [3.8, 4) is 0 Å². The number of H-pyrrole nitrogens is 1. The van der Waals surface area contributed by atoms with E-state index in [1.807, 2.05) is 12.1 Å². The number of aliphatic hydroxyl groups excluding tert-OH is 1. The highest BCUT2D eigenvalue weighted by molar-refractivity contribution is 5.72. The molecule has 1 aromatic carbocycles. The largest absolute Gasteiger partial charge is 0.417 e. The van der Waals surface area contributed by atoms with Crippen molar-refractivity contribution in [3.05, 3.63) is 34.3 Å². The lowest BCUT2D eigenvalue weighted by atomic mass is 9.72. The van der Waals surface area contributed by atoms with Crippen molar-refractivity contribution in [2.45, 2.75) is 52.1 Å². The van der Waals surface area contributed by atoms with Crippen LogP contribution in [-0.4, -0.2) is 10.1 Å². The summed E-state index contributed by atoms with van der Waals surface area (Å²) in [5.41, 5.74) is 2.03. The minimum Gasteiger partial charge on any atom is -0.408 e. The number of rotatable bonds is 4. The van der Waals surface area contributed by atoms with Gasteiger partial charge in [-0.3, -0.25) is 4.98 Å². The first-order chi connectivity index (χ1) is 10.00. The molecule has 1 aliphatic carbocycles. The van der Waals surface area contributed by atoms with Crippen LogP contribution >= 0.6 is 0 Å². The third-order valence-electron chi connectivity index (χ3n) is 4.75. The Labute approximate surface area is 124 Å². The molecule has 0 bridgehead atoms. The van der Waals surface area contributed by atoms with Gasteiger partial charge >= 0.3 is 5.76 Å². The van der Waals surface area contributed by atoms with Gasteiger partial charge in [0.05, 0.1) is 11.6 Å². The molecule has 1 saturated carbocycles. The van der Waals surface area contributed by atoms with Crippen molar-refractivity contribution >= 4 is 11.1 Å². The van der Waals surface area contributed by atoms with Gasteiger partial charge in [0.15, 0.2) is 5.58 Å². The average Bonchev–Trinajstić information content (AvgIpc) is 3.02. The molecule has 1 heterocycles. The first-order valence-corrected chi connectivity index (χ1v) is 7.81. The van der Waals surface area contributed by atoms with Crippen molar-refractivity contribution < 1.29 is 9.52 Å². The van der Waals surface area contributed by atoms with E-state index in [2.05, 4.69) is 18.8 Å². The van der Waals surface area contributed by atoms with Gasteiger partial charge in [0, 0.05) is 5.41 Å². The van der Waals surface area contributed by atoms with Gasteiger partial charge in [-0.25, -0.2) is 4.79 Å². The maximum absolute atomic E-state index is 11.3. The van der Waals surface area contributed by atoms with Crippen LogP contribution in [0.2, 0.25) is 0 Å². The lowest BCUT2D eigenvalue weighted by molar-refractivity contribution is 0.0112. The van der Waals surface area contributed by atoms with E-state index in [4.69, 9.17) is 4.42 Å². The van der Waals surface area contributed by atoms with Crippen molar-refractivity contribution in [1.82, 2.24) is 4.98 Å². The number of hydrogen-bond acceptors (Lipinski definition) is 3. The summed E-state index contributed by atoms with van der Waals surface area (Å²) in [6.45, 7) is 4.42. The lowest BCUT2D eigenvalue weighted by Crippen LogP contribution is -2.27. The van der Waals surface area contributed by atoms with Gasteiger partial charge in [-0.2, -0.15) is 0 Å². The zero-order valence-corrected chi connectivity index (χ0v) is 12.7. The van der Waals surface area contributed by atoms with Crippen LogP contribution in [0.4, 0.5) is 0 Å². The molecule has 1 aliphatic rings. The molecule has 0 amide bonds. The van der Waals surface area contributed by atoms with Crippen LogP contribution in [0, 0.1) is 11.3 Å². The third kappa shape index (κ3) is 2.64. The molecule has 2 N–H and O–H groups in total. The van der Waals surface area contributed by atoms with E-state index in [1.165, 1.54) is 12.8 Å². The Morgan fingerprint density at radius 1 is 1.33 bits per heavy atom. The van der Waals surface area contributed by atoms with Crippen molar-refractivity contribution in [2.75, 3.05) is 0 Å². The first-order valence-electron chi connectivity index (χ1n) is 7.81. The topological polar surface area (TPSA) is 66.2 Å². The maximum Gasteiger partial charge on any atom is 0.417 e. The van der Waals surface area contributed by atoms with Gasteiger partial charge in [-0.15, -0.1) is 0 Å². The summed E-state index contributed by atoms with van der Waals surface area (Å²) in [5.74, 6) is 0.112. The molecule has 0 radical (unpaired) electrons. The Morgan fingerprint density at radius 3 is 2.71 bits per heavy atom. The number of aliphatic hydroxyl groups is 1. The number of aromatic amines is 1.